The quantitative estimate of drug-likeness (QED) is 0.694. The van der Waals surface area contributed by atoms with Crippen molar-refractivity contribution < 1.29 is 9.32 Å². The summed E-state index contributed by atoms with van der Waals surface area (Å²) < 4.78 is 5.21. The monoisotopic (exact) mass is 361 g/mol. The van der Waals surface area contributed by atoms with Gasteiger partial charge in [0.1, 0.15) is 0 Å². The molecular formula is C17H13Cl2N3O2. The zero-order valence-electron chi connectivity index (χ0n) is 12.7. The summed E-state index contributed by atoms with van der Waals surface area (Å²) in [7, 11) is 1.66. The van der Waals surface area contributed by atoms with Gasteiger partial charge in [-0.3, -0.25) is 4.79 Å². The minimum absolute atomic E-state index is 0.183. The molecule has 3 aromatic rings. The summed E-state index contributed by atoms with van der Waals surface area (Å²) in [5.41, 5.74) is 1.17. The van der Waals surface area contributed by atoms with Crippen LogP contribution in [0.1, 0.15) is 16.2 Å². The molecule has 1 amide bonds. The van der Waals surface area contributed by atoms with Crippen LogP contribution in [0, 0.1) is 0 Å². The van der Waals surface area contributed by atoms with Crippen LogP contribution in [0.2, 0.25) is 10.0 Å². The smallest absolute Gasteiger partial charge is 0.254 e. The molecular weight excluding hydrogens is 349 g/mol. The third kappa shape index (κ3) is 3.58. The number of benzene rings is 2. The first kappa shape index (κ1) is 16.5. The lowest BCUT2D eigenvalue weighted by atomic mass is 10.2. The van der Waals surface area contributed by atoms with Gasteiger partial charge in [0, 0.05) is 23.2 Å². The number of carbonyl (C=O) groups excluding carboxylic acids is 1. The first-order valence-electron chi connectivity index (χ1n) is 7.13. The summed E-state index contributed by atoms with van der Waals surface area (Å²) in [6.45, 7) is 0.183. The first-order chi connectivity index (χ1) is 11.5. The number of hydrogen-bond acceptors (Lipinski definition) is 4. The van der Waals surface area contributed by atoms with Crippen LogP contribution in [0.25, 0.3) is 11.4 Å². The van der Waals surface area contributed by atoms with Crippen molar-refractivity contribution in [1.82, 2.24) is 15.0 Å². The molecule has 0 aliphatic heterocycles. The Kier molecular flexibility index (Phi) is 4.83. The lowest BCUT2D eigenvalue weighted by Gasteiger charge is -2.14. The summed E-state index contributed by atoms with van der Waals surface area (Å²) >= 11 is 12.0. The van der Waals surface area contributed by atoms with Gasteiger partial charge in [-0.2, -0.15) is 4.98 Å². The van der Waals surface area contributed by atoms with Gasteiger partial charge >= 0.3 is 0 Å². The Balaban J connectivity index is 1.75. The number of aromatic nitrogens is 2. The van der Waals surface area contributed by atoms with E-state index in [9.17, 15) is 4.79 Å². The molecule has 2 aromatic carbocycles. The van der Waals surface area contributed by atoms with Crippen LogP contribution in [0.3, 0.4) is 0 Å². The second-order valence-corrected chi connectivity index (χ2v) is 6.01. The van der Waals surface area contributed by atoms with Crippen LogP contribution in [-0.4, -0.2) is 28.0 Å². The highest BCUT2D eigenvalue weighted by atomic mass is 35.5. The molecule has 1 heterocycles. The average molecular weight is 362 g/mol. The van der Waals surface area contributed by atoms with Gasteiger partial charge in [0.05, 0.1) is 11.6 Å². The van der Waals surface area contributed by atoms with Gasteiger partial charge in [-0.1, -0.05) is 46.6 Å². The fraction of sp³-hybridized carbons (Fsp3) is 0.118. The van der Waals surface area contributed by atoms with Crippen molar-refractivity contribution in [1.29, 1.82) is 0 Å². The molecule has 0 aliphatic carbocycles. The Labute approximate surface area is 148 Å². The fourth-order valence-electron chi connectivity index (χ4n) is 2.19. The second kappa shape index (κ2) is 7.03. The predicted octanol–water partition coefficient (Wildman–Crippen LogP) is 4.32. The van der Waals surface area contributed by atoms with E-state index in [4.69, 9.17) is 27.7 Å². The summed E-state index contributed by atoms with van der Waals surface area (Å²) in [5, 5.41) is 4.96. The molecule has 0 atom stereocenters. The summed E-state index contributed by atoms with van der Waals surface area (Å²) in [6.07, 6.45) is 0. The van der Waals surface area contributed by atoms with Gasteiger partial charge in [-0.05, 0) is 30.3 Å². The average Bonchev–Trinajstić information content (AvgIpc) is 3.02. The third-order valence-corrected chi connectivity index (χ3v) is 3.94. The highest BCUT2D eigenvalue weighted by Crippen LogP contribution is 2.25. The van der Waals surface area contributed by atoms with E-state index in [1.54, 1.807) is 43.4 Å². The Morgan fingerprint density at radius 1 is 1.17 bits per heavy atom. The maximum Gasteiger partial charge on any atom is 0.254 e. The zero-order valence-corrected chi connectivity index (χ0v) is 14.3. The van der Waals surface area contributed by atoms with Crippen LogP contribution in [0.5, 0.6) is 0 Å². The Morgan fingerprint density at radius 3 is 2.71 bits per heavy atom. The minimum Gasteiger partial charge on any atom is -0.337 e. The largest absolute Gasteiger partial charge is 0.337 e. The van der Waals surface area contributed by atoms with Crippen molar-refractivity contribution in [3.8, 4) is 11.4 Å². The lowest BCUT2D eigenvalue weighted by Crippen LogP contribution is -2.26. The summed E-state index contributed by atoms with van der Waals surface area (Å²) in [4.78, 5) is 18.2. The van der Waals surface area contributed by atoms with Gasteiger partial charge in [0.2, 0.25) is 11.7 Å². The fourth-order valence-corrected chi connectivity index (χ4v) is 2.60. The molecule has 0 fully saturated rings. The molecule has 0 saturated heterocycles. The number of hydrogen-bond donors (Lipinski definition) is 0. The molecule has 122 valence electrons. The van der Waals surface area contributed by atoms with E-state index >= 15 is 0 Å². The van der Waals surface area contributed by atoms with E-state index < -0.39 is 0 Å². The normalized spacial score (nSPS) is 10.6. The highest BCUT2D eigenvalue weighted by Gasteiger charge is 2.17. The molecule has 0 radical (unpaired) electrons. The molecule has 0 bridgehead atoms. The van der Waals surface area contributed by atoms with E-state index in [0.717, 1.165) is 0 Å². The lowest BCUT2D eigenvalue weighted by molar-refractivity contribution is 0.0769. The van der Waals surface area contributed by atoms with Gasteiger partial charge in [-0.15, -0.1) is 0 Å². The minimum atomic E-state index is -0.185. The van der Waals surface area contributed by atoms with Crippen LogP contribution in [-0.2, 0) is 6.54 Å². The third-order valence-electron chi connectivity index (χ3n) is 3.37. The number of rotatable bonds is 4. The van der Waals surface area contributed by atoms with Crippen molar-refractivity contribution in [3.63, 3.8) is 0 Å². The Morgan fingerprint density at radius 2 is 1.96 bits per heavy atom. The second-order valence-electron chi connectivity index (χ2n) is 5.16. The summed E-state index contributed by atoms with van der Waals surface area (Å²) in [5.74, 6) is 0.525. The van der Waals surface area contributed by atoms with Crippen LogP contribution >= 0.6 is 23.2 Å². The van der Waals surface area contributed by atoms with Gasteiger partial charge < -0.3 is 9.42 Å². The molecule has 7 heteroatoms. The highest BCUT2D eigenvalue weighted by molar-refractivity contribution is 6.33. The van der Waals surface area contributed by atoms with Crippen molar-refractivity contribution >= 4 is 29.1 Å². The molecule has 24 heavy (non-hydrogen) atoms. The topological polar surface area (TPSA) is 59.2 Å². The zero-order chi connectivity index (χ0) is 17.1. The maximum atomic E-state index is 12.4. The van der Waals surface area contributed by atoms with Crippen molar-refractivity contribution in [3.05, 3.63) is 70.0 Å². The van der Waals surface area contributed by atoms with Crippen LogP contribution in [0.15, 0.2) is 53.1 Å². The van der Waals surface area contributed by atoms with E-state index in [1.165, 1.54) is 4.90 Å². The van der Waals surface area contributed by atoms with Crippen LogP contribution in [0.4, 0.5) is 0 Å². The molecule has 1 aromatic heterocycles. The molecule has 0 N–H and O–H groups in total. The Hall–Kier alpha value is -2.37. The van der Waals surface area contributed by atoms with Crippen molar-refractivity contribution in [2.45, 2.75) is 6.54 Å². The molecule has 0 spiro atoms. The maximum absolute atomic E-state index is 12.4. The van der Waals surface area contributed by atoms with Crippen molar-refractivity contribution in [2.24, 2.45) is 0 Å². The predicted molar refractivity (Wildman–Crippen MR) is 92.0 cm³/mol. The summed E-state index contributed by atoms with van der Waals surface area (Å²) in [6, 6.07) is 14.0. The molecule has 5 nitrogen and oxygen atoms in total. The van der Waals surface area contributed by atoms with E-state index in [-0.39, 0.29) is 12.5 Å². The molecule has 3 rings (SSSR count). The molecule has 0 saturated carbocycles. The molecule has 0 aliphatic rings. The Bertz CT molecular complexity index is 880. The van der Waals surface area contributed by atoms with Crippen LogP contribution < -0.4 is 0 Å². The number of halogens is 2. The van der Waals surface area contributed by atoms with E-state index in [2.05, 4.69) is 10.1 Å². The van der Waals surface area contributed by atoms with E-state index in [1.807, 2.05) is 12.1 Å². The van der Waals surface area contributed by atoms with Gasteiger partial charge in [-0.25, -0.2) is 0 Å². The number of amides is 1. The van der Waals surface area contributed by atoms with Gasteiger partial charge in [0.15, 0.2) is 0 Å². The number of nitrogens with zero attached hydrogens (tertiary/aromatic N) is 3. The van der Waals surface area contributed by atoms with Gasteiger partial charge in [0.25, 0.3) is 5.91 Å². The number of carbonyl (C=O) groups is 1. The SMILES string of the molecule is CN(Cc1nc(-c2ccccc2Cl)no1)C(=O)c1cccc(Cl)c1. The van der Waals surface area contributed by atoms with Crippen molar-refractivity contribution in [2.75, 3.05) is 7.05 Å². The van der Waals surface area contributed by atoms with E-state index in [0.29, 0.717) is 32.9 Å². The first-order valence-corrected chi connectivity index (χ1v) is 7.88. The standard InChI is InChI=1S/C17H13Cl2N3O2/c1-22(17(23)11-5-4-6-12(18)9-11)10-15-20-16(21-24-15)13-7-2-3-8-14(13)19/h2-9H,10H2,1H3. The molecule has 0 unspecified atom stereocenters.